The Morgan fingerprint density at radius 2 is 2.33 bits per heavy atom. The molecule has 0 aliphatic carbocycles. The van der Waals surface area contributed by atoms with E-state index < -0.39 is 0 Å². The summed E-state index contributed by atoms with van der Waals surface area (Å²) in [5, 5.41) is 1.01. The van der Waals surface area contributed by atoms with E-state index in [0.29, 0.717) is 19.5 Å². The van der Waals surface area contributed by atoms with Gasteiger partial charge in [-0.15, -0.1) is 11.3 Å². The number of piperidine rings is 1. The van der Waals surface area contributed by atoms with Crippen LogP contribution in [0.1, 0.15) is 22.7 Å². The van der Waals surface area contributed by atoms with Crippen molar-refractivity contribution in [2.24, 2.45) is 0 Å². The first-order valence-corrected chi connectivity index (χ1v) is 5.67. The number of carbonyl (C=O) groups excluding carboxylic acids is 2. The van der Waals surface area contributed by atoms with Gasteiger partial charge in [0.25, 0.3) is 0 Å². The monoisotopic (exact) mass is 224 g/mol. The largest absolute Gasteiger partial charge is 0.337 e. The Labute approximate surface area is 91.9 Å². The summed E-state index contributed by atoms with van der Waals surface area (Å²) in [6.07, 6.45) is 2.35. The molecule has 1 aliphatic rings. The van der Waals surface area contributed by atoms with Gasteiger partial charge in [0.1, 0.15) is 5.78 Å². The number of ketones is 1. The molecular formula is C10H12N2O2S. The Balaban J connectivity index is 2.00. The summed E-state index contributed by atoms with van der Waals surface area (Å²) in [7, 11) is 0. The molecule has 0 N–H and O–H groups in total. The highest BCUT2D eigenvalue weighted by Crippen LogP contribution is 2.17. The molecule has 80 valence electrons. The van der Waals surface area contributed by atoms with Crippen molar-refractivity contribution >= 4 is 23.0 Å². The number of hydrogen-bond acceptors (Lipinski definition) is 4. The second-order valence-electron chi connectivity index (χ2n) is 3.63. The Morgan fingerprint density at radius 3 is 2.93 bits per heavy atom. The van der Waals surface area contributed by atoms with Crippen LogP contribution in [0.5, 0.6) is 0 Å². The standard InChI is InChI=1S/C10H12N2O2S/c1-7-11-5-9(15-7)6-12-3-2-8(13)4-10(12)14/h5H,2-4,6H2,1H3. The van der Waals surface area contributed by atoms with Crippen LogP contribution in [0.3, 0.4) is 0 Å². The van der Waals surface area contributed by atoms with E-state index in [4.69, 9.17) is 0 Å². The van der Waals surface area contributed by atoms with Gasteiger partial charge in [0, 0.05) is 24.0 Å². The first-order chi connectivity index (χ1) is 7.15. The van der Waals surface area contributed by atoms with Crippen molar-refractivity contribution in [2.45, 2.75) is 26.3 Å². The fourth-order valence-electron chi connectivity index (χ4n) is 1.59. The van der Waals surface area contributed by atoms with Gasteiger partial charge in [0.2, 0.25) is 5.91 Å². The molecule has 2 rings (SSSR count). The highest BCUT2D eigenvalue weighted by molar-refractivity contribution is 7.11. The number of likely N-dealkylation sites (tertiary alicyclic amines) is 1. The van der Waals surface area contributed by atoms with E-state index in [9.17, 15) is 9.59 Å². The zero-order valence-electron chi connectivity index (χ0n) is 8.52. The van der Waals surface area contributed by atoms with Crippen molar-refractivity contribution in [1.82, 2.24) is 9.88 Å². The minimum Gasteiger partial charge on any atom is -0.337 e. The molecule has 4 nitrogen and oxygen atoms in total. The van der Waals surface area contributed by atoms with E-state index in [1.54, 1.807) is 22.4 Å². The van der Waals surface area contributed by atoms with Gasteiger partial charge < -0.3 is 4.90 Å². The lowest BCUT2D eigenvalue weighted by Gasteiger charge is -2.25. The average Bonchev–Trinajstić information content (AvgIpc) is 2.56. The number of rotatable bonds is 2. The number of hydrogen-bond donors (Lipinski definition) is 0. The molecule has 1 amide bonds. The maximum Gasteiger partial charge on any atom is 0.230 e. The number of nitrogens with zero attached hydrogens (tertiary/aromatic N) is 2. The second-order valence-corrected chi connectivity index (χ2v) is 4.95. The maximum absolute atomic E-state index is 11.5. The summed E-state index contributed by atoms with van der Waals surface area (Å²) in [4.78, 5) is 29.5. The van der Waals surface area contributed by atoms with Gasteiger partial charge in [-0.2, -0.15) is 0 Å². The van der Waals surface area contributed by atoms with Gasteiger partial charge in [-0.3, -0.25) is 9.59 Å². The van der Waals surface area contributed by atoms with Gasteiger partial charge in [0.05, 0.1) is 18.0 Å². The molecule has 0 saturated carbocycles. The number of Topliss-reactive ketones (excluding diaryl/α,β-unsaturated/α-hetero) is 1. The van der Waals surface area contributed by atoms with E-state index in [2.05, 4.69) is 4.98 Å². The Hall–Kier alpha value is -1.23. The minimum atomic E-state index is -0.0581. The molecule has 0 radical (unpaired) electrons. The van der Waals surface area contributed by atoms with E-state index in [1.807, 2.05) is 6.92 Å². The molecule has 5 heteroatoms. The topological polar surface area (TPSA) is 50.3 Å². The Bertz CT molecular complexity index is 400. The third-order valence-corrected chi connectivity index (χ3v) is 3.28. The Morgan fingerprint density at radius 1 is 1.53 bits per heavy atom. The van der Waals surface area contributed by atoms with Crippen LogP contribution in [-0.2, 0) is 16.1 Å². The lowest BCUT2D eigenvalue weighted by molar-refractivity contribution is -0.139. The smallest absolute Gasteiger partial charge is 0.230 e. The highest BCUT2D eigenvalue weighted by atomic mass is 32.1. The molecule has 1 aromatic rings. The fourth-order valence-corrected chi connectivity index (χ4v) is 2.40. The number of aryl methyl sites for hydroxylation is 1. The molecule has 1 fully saturated rings. The molecule has 2 heterocycles. The fraction of sp³-hybridized carbons (Fsp3) is 0.500. The van der Waals surface area contributed by atoms with Crippen molar-refractivity contribution in [3.8, 4) is 0 Å². The van der Waals surface area contributed by atoms with E-state index >= 15 is 0 Å². The second kappa shape index (κ2) is 4.10. The third-order valence-electron chi connectivity index (χ3n) is 2.38. The SMILES string of the molecule is Cc1ncc(CN2CCC(=O)CC2=O)s1. The highest BCUT2D eigenvalue weighted by Gasteiger charge is 2.23. The molecule has 0 spiro atoms. The van der Waals surface area contributed by atoms with Gasteiger partial charge in [-0.1, -0.05) is 0 Å². The molecular weight excluding hydrogens is 212 g/mol. The van der Waals surface area contributed by atoms with E-state index in [1.165, 1.54) is 0 Å². The summed E-state index contributed by atoms with van der Waals surface area (Å²) in [6, 6.07) is 0. The predicted octanol–water partition coefficient (Wildman–Crippen LogP) is 1.14. The molecule has 1 aliphatic heterocycles. The van der Waals surface area contributed by atoms with Crippen LogP contribution >= 0.6 is 11.3 Å². The summed E-state index contributed by atoms with van der Waals surface area (Å²) in [5.74, 6) is -0.00552. The van der Waals surface area contributed by atoms with Crippen molar-refractivity contribution in [2.75, 3.05) is 6.54 Å². The first kappa shape index (κ1) is 10.3. The number of carbonyl (C=O) groups is 2. The van der Waals surface area contributed by atoms with Crippen LogP contribution in [0, 0.1) is 6.92 Å². The minimum absolute atomic E-state index is 0.0525. The average molecular weight is 224 g/mol. The summed E-state index contributed by atoms with van der Waals surface area (Å²) >= 11 is 1.59. The van der Waals surface area contributed by atoms with Crippen LogP contribution in [0.2, 0.25) is 0 Å². The maximum atomic E-state index is 11.5. The quantitative estimate of drug-likeness (QED) is 0.708. The van der Waals surface area contributed by atoms with Crippen LogP contribution in [-0.4, -0.2) is 28.1 Å². The summed E-state index contributed by atoms with van der Waals surface area (Å²) < 4.78 is 0. The van der Waals surface area contributed by atoms with Crippen LogP contribution < -0.4 is 0 Å². The lowest BCUT2D eigenvalue weighted by Crippen LogP contribution is -2.38. The van der Waals surface area contributed by atoms with E-state index in [-0.39, 0.29) is 18.1 Å². The molecule has 0 unspecified atom stereocenters. The molecule has 0 bridgehead atoms. The number of amides is 1. The van der Waals surface area contributed by atoms with Crippen LogP contribution in [0.25, 0.3) is 0 Å². The van der Waals surface area contributed by atoms with Gasteiger partial charge >= 0.3 is 0 Å². The normalized spacial score (nSPS) is 17.3. The van der Waals surface area contributed by atoms with Crippen LogP contribution in [0.4, 0.5) is 0 Å². The Kier molecular flexibility index (Phi) is 2.81. The third kappa shape index (κ3) is 2.41. The zero-order chi connectivity index (χ0) is 10.8. The van der Waals surface area contributed by atoms with Crippen LogP contribution in [0.15, 0.2) is 6.20 Å². The molecule has 0 aromatic carbocycles. The molecule has 1 aromatic heterocycles. The van der Waals surface area contributed by atoms with Crippen molar-refractivity contribution < 1.29 is 9.59 Å². The molecule has 15 heavy (non-hydrogen) atoms. The van der Waals surface area contributed by atoms with Gasteiger partial charge in [-0.05, 0) is 6.92 Å². The number of thiazole rings is 1. The van der Waals surface area contributed by atoms with Crippen molar-refractivity contribution in [1.29, 1.82) is 0 Å². The predicted molar refractivity (Wildman–Crippen MR) is 56.5 cm³/mol. The molecule has 0 atom stereocenters. The van der Waals surface area contributed by atoms with E-state index in [0.717, 1.165) is 9.88 Å². The lowest BCUT2D eigenvalue weighted by atomic mass is 10.1. The first-order valence-electron chi connectivity index (χ1n) is 4.86. The van der Waals surface area contributed by atoms with Crippen molar-refractivity contribution in [3.63, 3.8) is 0 Å². The van der Waals surface area contributed by atoms with Gasteiger partial charge in [-0.25, -0.2) is 4.98 Å². The van der Waals surface area contributed by atoms with Gasteiger partial charge in [0.15, 0.2) is 0 Å². The van der Waals surface area contributed by atoms with Crippen molar-refractivity contribution in [3.05, 3.63) is 16.1 Å². The number of aromatic nitrogens is 1. The summed E-state index contributed by atoms with van der Waals surface area (Å²) in [6.45, 7) is 3.09. The molecule has 1 saturated heterocycles. The summed E-state index contributed by atoms with van der Waals surface area (Å²) in [5.41, 5.74) is 0. The zero-order valence-corrected chi connectivity index (χ0v) is 9.34.